The number of benzene rings is 2. The van der Waals surface area contributed by atoms with E-state index in [0.29, 0.717) is 10.6 Å². The molecule has 0 spiro atoms. The van der Waals surface area contributed by atoms with Crippen molar-refractivity contribution in [3.8, 4) is 0 Å². The lowest BCUT2D eigenvalue weighted by Gasteiger charge is -2.08. The molecule has 0 unspecified atom stereocenters. The molecule has 19 heavy (non-hydrogen) atoms. The van der Waals surface area contributed by atoms with Crippen molar-refractivity contribution in [1.82, 2.24) is 0 Å². The van der Waals surface area contributed by atoms with Crippen LogP contribution in [0.5, 0.6) is 0 Å². The smallest absolute Gasteiger partial charge is 0.194 e. The fraction of sp³-hybridized carbons (Fsp3) is 0.133. The maximum absolute atomic E-state index is 13.3. The average Bonchev–Trinajstić information content (AvgIpc) is 2.31. The molecule has 0 saturated heterocycles. The fourth-order valence-electron chi connectivity index (χ4n) is 1.85. The molecular formula is C15H13ClFNO. The average molecular weight is 278 g/mol. The topological polar surface area (TPSA) is 43.1 Å². The summed E-state index contributed by atoms with van der Waals surface area (Å²) in [5, 5.41) is 0.357. The molecule has 0 radical (unpaired) electrons. The molecule has 2 aromatic rings. The van der Waals surface area contributed by atoms with E-state index in [4.69, 9.17) is 17.3 Å². The zero-order valence-electron chi connectivity index (χ0n) is 10.6. The zero-order chi connectivity index (χ0) is 14.2. The van der Waals surface area contributed by atoms with Crippen LogP contribution in [0.25, 0.3) is 0 Å². The zero-order valence-corrected chi connectivity index (χ0v) is 11.4. The van der Waals surface area contributed by atoms with Crippen LogP contribution in [0.1, 0.15) is 27.0 Å². The second-order valence-electron chi connectivity index (χ2n) is 4.52. The Morgan fingerprint density at radius 2 is 1.74 bits per heavy atom. The molecule has 0 fully saturated rings. The second kappa shape index (κ2) is 5.02. The summed E-state index contributed by atoms with van der Waals surface area (Å²) in [6.07, 6.45) is 0. The summed E-state index contributed by atoms with van der Waals surface area (Å²) < 4.78 is 13.3. The standard InChI is InChI=1S/C15H13ClFNO/c1-8-3-13(14(16)4-9(8)2)15(19)10-5-11(17)7-12(18)6-10/h3-7H,18H2,1-2H3. The minimum atomic E-state index is -0.539. The maximum Gasteiger partial charge on any atom is 0.194 e. The van der Waals surface area contributed by atoms with Gasteiger partial charge in [-0.25, -0.2) is 4.39 Å². The highest BCUT2D eigenvalue weighted by molar-refractivity contribution is 6.35. The number of nitrogens with two attached hydrogens (primary N) is 1. The highest BCUT2D eigenvalue weighted by Crippen LogP contribution is 2.24. The Hall–Kier alpha value is -1.87. The summed E-state index contributed by atoms with van der Waals surface area (Å²) in [6.45, 7) is 3.80. The van der Waals surface area contributed by atoms with Gasteiger partial charge in [0.2, 0.25) is 0 Å². The van der Waals surface area contributed by atoms with Crippen LogP contribution in [-0.2, 0) is 0 Å². The Kier molecular flexibility index (Phi) is 3.58. The van der Waals surface area contributed by atoms with Crippen LogP contribution >= 0.6 is 11.6 Å². The van der Waals surface area contributed by atoms with Gasteiger partial charge in [-0.15, -0.1) is 0 Å². The molecule has 0 saturated carbocycles. The number of carbonyl (C=O) groups excluding carboxylic acids is 1. The molecule has 4 heteroatoms. The second-order valence-corrected chi connectivity index (χ2v) is 4.93. The number of anilines is 1. The first-order valence-electron chi connectivity index (χ1n) is 5.76. The van der Waals surface area contributed by atoms with Crippen LogP contribution < -0.4 is 5.73 Å². The van der Waals surface area contributed by atoms with Crippen LogP contribution in [-0.4, -0.2) is 5.78 Å². The first-order chi connectivity index (χ1) is 8.88. The molecule has 0 atom stereocenters. The number of rotatable bonds is 2. The summed E-state index contributed by atoms with van der Waals surface area (Å²) in [6, 6.07) is 7.20. The molecule has 2 aromatic carbocycles. The van der Waals surface area contributed by atoms with Gasteiger partial charge in [0.15, 0.2) is 5.78 Å². The quantitative estimate of drug-likeness (QED) is 0.668. The Morgan fingerprint density at radius 3 is 2.37 bits per heavy atom. The number of ketones is 1. The lowest BCUT2D eigenvalue weighted by Crippen LogP contribution is -2.05. The first-order valence-corrected chi connectivity index (χ1v) is 6.14. The van der Waals surface area contributed by atoms with Crippen LogP contribution in [0.2, 0.25) is 5.02 Å². The van der Waals surface area contributed by atoms with E-state index in [2.05, 4.69) is 0 Å². The first kappa shape index (κ1) is 13.6. The monoisotopic (exact) mass is 277 g/mol. The van der Waals surface area contributed by atoms with Gasteiger partial charge in [-0.2, -0.15) is 0 Å². The van der Waals surface area contributed by atoms with Crippen molar-refractivity contribution < 1.29 is 9.18 Å². The minimum absolute atomic E-state index is 0.197. The number of hydrogen-bond acceptors (Lipinski definition) is 2. The summed E-state index contributed by atoms with van der Waals surface area (Å²) in [5.41, 5.74) is 8.26. The van der Waals surface area contributed by atoms with Crippen LogP contribution in [0.15, 0.2) is 30.3 Å². The molecular weight excluding hydrogens is 265 g/mol. The van der Waals surface area contributed by atoms with Crippen LogP contribution in [0.3, 0.4) is 0 Å². The molecule has 2 rings (SSSR count). The van der Waals surface area contributed by atoms with E-state index < -0.39 is 5.82 Å². The van der Waals surface area contributed by atoms with E-state index in [1.165, 1.54) is 12.1 Å². The Morgan fingerprint density at radius 1 is 1.11 bits per heavy atom. The molecule has 0 aliphatic carbocycles. The summed E-state index contributed by atoms with van der Waals surface area (Å²) >= 11 is 6.08. The van der Waals surface area contributed by atoms with Crippen molar-refractivity contribution in [2.75, 3.05) is 5.73 Å². The van der Waals surface area contributed by atoms with Gasteiger partial charge in [-0.3, -0.25) is 4.79 Å². The predicted molar refractivity (Wildman–Crippen MR) is 75.2 cm³/mol. The third-order valence-corrected chi connectivity index (χ3v) is 3.32. The van der Waals surface area contributed by atoms with Gasteiger partial charge in [-0.05, 0) is 55.3 Å². The maximum atomic E-state index is 13.3. The molecule has 0 amide bonds. The predicted octanol–water partition coefficient (Wildman–Crippen LogP) is 3.91. The molecule has 0 aliphatic rings. The van der Waals surface area contributed by atoms with Gasteiger partial charge in [0.05, 0.1) is 5.02 Å². The number of hydrogen-bond donors (Lipinski definition) is 1. The number of aryl methyl sites for hydroxylation is 2. The molecule has 2 nitrogen and oxygen atoms in total. The lowest BCUT2D eigenvalue weighted by atomic mass is 9.99. The van der Waals surface area contributed by atoms with E-state index in [0.717, 1.165) is 17.2 Å². The van der Waals surface area contributed by atoms with Gasteiger partial charge >= 0.3 is 0 Å². The van der Waals surface area contributed by atoms with Gasteiger partial charge < -0.3 is 5.73 Å². The van der Waals surface area contributed by atoms with E-state index in [9.17, 15) is 9.18 Å². The van der Waals surface area contributed by atoms with Gasteiger partial charge in [0.25, 0.3) is 0 Å². The van der Waals surface area contributed by atoms with E-state index in [1.807, 2.05) is 13.8 Å². The summed E-state index contributed by atoms with van der Waals surface area (Å²) in [4.78, 5) is 12.3. The van der Waals surface area contributed by atoms with Gasteiger partial charge in [0.1, 0.15) is 5.82 Å². The molecule has 98 valence electrons. The van der Waals surface area contributed by atoms with Gasteiger partial charge in [-0.1, -0.05) is 11.6 Å². The molecule has 0 bridgehead atoms. The minimum Gasteiger partial charge on any atom is -0.399 e. The number of nitrogen functional groups attached to an aromatic ring is 1. The third-order valence-electron chi connectivity index (χ3n) is 3.01. The summed E-state index contributed by atoms with van der Waals surface area (Å²) in [5.74, 6) is -0.873. The normalized spacial score (nSPS) is 10.5. The number of carbonyl (C=O) groups is 1. The largest absolute Gasteiger partial charge is 0.399 e. The molecule has 0 heterocycles. The van der Waals surface area contributed by atoms with Crippen molar-refractivity contribution >= 4 is 23.1 Å². The van der Waals surface area contributed by atoms with E-state index in [1.54, 1.807) is 12.1 Å². The Labute approximate surface area is 116 Å². The lowest BCUT2D eigenvalue weighted by molar-refractivity contribution is 0.103. The van der Waals surface area contributed by atoms with E-state index >= 15 is 0 Å². The third kappa shape index (κ3) is 2.76. The number of halogens is 2. The Bertz CT molecular complexity index is 647. The van der Waals surface area contributed by atoms with Crippen molar-refractivity contribution in [3.05, 3.63) is 63.4 Å². The highest BCUT2D eigenvalue weighted by Gasteiger charge is 2.15. The SMILES string of the molecule is Cc1cc(Cl)c(C(=O)c2cc(N)cc(F)c2)cc1C. The van der Waals surface area contributed by atoms with E-state index in [-0.39, 0.29) is 17.0 Å². The highest BCUT2D eigenvalue weighted by atomic mass is 35.5. The molecule has 2 N–H and O–H groups in total. The van der Waals surface area contributed by atoms with Crippen LogP contribution in [0, 0.1) is 19.7 Å². The van der Waals surface area contributed by atoms with Gasteiger partial charge in [0, 0.05) is 16.8 Å². The van der Waals surface area contributed by atoms with Crippen molar-refractivity contribution in [1.29, 1.82) is 0 Å². The molecule has 0 aromatic heterocycles. The van der Waals surface area contributed by atoms with Crippen molar-refractivity contribution in [3.63, 3.8) is 0 Å². The van der Waals surface area contributed by atoms with Crippen molar-refractivity contribution in [2.24, 2.45) is 0 Å². The summed E-state index contributed by atoms with van der Waals surface area (Å²) in [7, 11) is 0. The van der Waals surface area contributed by atoms with Crippen molar-refractivity contribution in [2.45, 2.75) is 13.8 Å². The van der Waals surface area contributed by atoms with Crippen LogP contribution in [0.4, 0.5) is 10.1 Å². The fourth-order valence-corrected chi connectivity index (χ4v) is 2.16. The molecule has 0 aliphatic heterocycles. The Balaban J connectivity index is 2.53.